The van der Waals surface area contributed by atoms with Crippen LogP contribution in [0, 0.1) is 0 Å². The zero-order chi connectivity index (χ0) is 17.3. The van der Waals surface area contributed by atoms with Gasteiger partial charge in [0.1, 0.15) is 12.4 Å². The number of ether oxygens (including phenoxy) is 1. The Morgan fingerprint density at radius 3 is 2.44 bits per heavy atom. The van der Waals surface area contributed by atoms with Crippen molar-refractivity contribution in [3.8, 4) is 5.75 Å². The highest BCUT2D eigenvalue weighted by Gasteiger charge is 2.22. The molecule has 0 spiro atoms. The Hall–Kier alpha value is -2.37. The van der Waals surface area contributed by atoms with Gasteiger partial charge in [0.25, 0.3) is 0 Å². The molecule has 0 heterocycles. The van der Waals surface area contributed by atoms with Gasteiger partial charge in [-0.2, -0.15) is 0 Å². The predicted molar refractivity (Wildman–Crippen MR) is 98.5 cm³/mol. The van der Waals surface area contributed by atoms with E-state index < -0.39 is 10.0 Å². The van der Waals surface area contributed by atoms with Crippen LogP contribution in [-0.4, -0.2) is 21.6 Å². The molecule has 0 aromatic heterocycles. The van der Waals surface area contributed by atoms with Gasteiger partial charge >= 0.3 is 0 Å². The number of nitrogens with one attached hydrogen (secondary N) is 1. The minimum absolute atomic E-state index is 0.222. The number of benzene rings is 3. The lowest BCUT2D eigenvalue weighted by atomic mass is 10.1. The molecule has 5 heteroatoms. The Labute approximate surface area is 147 Å². The smallest absolute Gasteiger partial charge is 0.241 e. The maximum Gasteiger partial charge on any atom is 0.241 e. The average molecular weight is 353 g/mol. The van der Waals surface area contributed by atoms with E-state index in [1.54, 1.807) is 6.07 Å². The highest BCUT2D eigenvalue weighted by molar-refractivity contribution is 7.89. The molecule has 1 aliphatic carbocycles. The molecule has 4 rings (SSSR count). The van der Waals surface area contributed by atoms with E-state index in [0.717, 1.165) is 29.4 Å². The topological polar surface area (TPSA) is 55.4 Å². The summed E-state index contributed by atoms with van der Waals surface area (Å²) in [6, 6.07) is 18.9. The number of para-hydroxylation sites is 1. The minimum atomic E-state index is -3.58. The van der Waals surface area contributed by atoms with Crippen LogP contribution in [0.2, 0.25) is 0 Å². The van der Waals surface area contributed by atoms with Crippen molar-refractivity contribution in [2.45, 2.75) is 17.7 Å². The Bertz CT molecular complexity index is 1000. The largest absolute Gasteiger partial charge is 0.492 e. The summed E-state index contributed by atoms with van der Waals surface area (Å²) in [6.07, 6.45) is 1.96. The summed E-state index contributed by atoms with van der Waals surface area (Å²) in [5.74, 6) is 0.729. The average Bonchev–Trinajstić information content (AvgIpc) is 3.05. The fourth-order valence-corrected chi connectivity index (χ4v) is 4.61. The lowest BCUT2D eigenvalue weighted by Crippen LogP contribution is -2.28. The molecule has 1 aliphatic rings. The lowest BCUT2D eigenvalue weighted by Gasteiger charge is -2.11. The van der Waals surface area contributed by atoms with Crippen LogP contribution < -0.4 is 9.46 Å². The second-order valence-electron chi connectivity index (χ2n) is 6.12. The minimum Gasteiger partial charge on any atom is -0.492 e. The molecule has 0 amide bonds. The monoisotopic (exact) mass is 353 g/mol. The molecule has 0 bridgehead atoms. The van der Waals surface area contributed by atoms with Gasteiger partial charge in [0, 0.05) is 11.9 Å². The third kappa shape index (κ3) is 3.13. The van der Waals surface area contributed by atoms with E-state index in [1.165, 1.54) is 11.1 Å². The highest BCUT2D eigenvalue weighted by atomic mass is 32.2. The predicted octanol–water partition coefficient (Wildman–Crippen LogP) is 3.30. The molecule has 0 atom stereocenters. The SMILES string of the molecule is O=S(=O)(NCCOc1ccccc1)c1ccc2c3c(cccc13)CC2. The molecule has 0 aliphatic heterocycles. The molecular formula is C20H19NO3S. The number of hydrogen-bond acceptors (Lipinski definition) is 3. The first-order valence-corrected chi connectivity index (χ1v) is 9.84. The molecule has 4 nitrogen and oxygen atoms in total. The first-order valence-electron chi connectivity index (χ1n) is 8.36. The van der Waals surface area contributed by atoms with Gasteiger partial charge in [0.15, 0.2) is 0 Å². The molecule has 128 valence electrons. The van der Waals surface area contributed by atoms with Crippen molar-refractivity contribution in [1.29, 1.82) is 0 Å². The van der Waals surface area contributed by atoms with Crippen LogP contribution in [0.15, 0.2) is 65.6 Å². The van der Waals surface area contributed by atoms with Crippen molar-refractivity contribution >= 4 is 20.8 Å². The van der Waals surface area contributed by atoms with Crippen LogP contribution >= 0.6 is 0 Å². The van der Waals surface area contributed by atoms with Crippen LogP contribution in [0.5, 0.6) is 5.75 Å². The number of sulfonamides is 1. The maximum atomic E-state index is 12.7. The number of rotatable bonds is 6. The van der Waals surface area contributed by atoms with Gasteiger partial charge in [0.2, 0.25) is 10.0 Å². The second kappa shape index (κ2) is 6.50. The molecule has 0 radical (unpaired) electrons. The summed E-state index contributed by atoms with van der Waals surface area (Å²) < 4.78 is 33.7. The van der Waals surface area contributed by atoms with Crippen molar-refractivity contribution in [3.05, 3.63) is 71.8 Å². The zero-order valence-electron chi connectivity index (χ0n) is 13.7. The van der Waals surface area contributed by atoms with Gasteiger partial charge in [-0.05, 0) is 47.6 Å². The van der Waals surface area contributed by atoms with Gasteiger partial charge in [-0.15, -0.1) is 0 Å². The highest BCUT2D eigenvalue weighted by Crippen LogP contribution is 2.34. The molecular weight excluding hydrogens is 334 g/mol. The number of aryl methyl sites for hydroxylation is 2. The molecule has 0 fully saturated rings. The zero-order valence-corrected chi connectivity index (χ0v) is 14.6. The first kappa shape index (κ1) is 16.1. The second-order valence-corrected chi connectivity index (χ2v) is 7.86. The summed E-state index contributed by atoms with van der Waals surface area (Å²) in [5, 5.41) is 1.91. The van der Waals surface area contributed by atoms with Crippen LogP contribution in [-0.2, 0) is 22.9 Å². The van der Waals surface area contributed by atoms with E-state index in [2.05, 4.69) is 10.8 Å². The quantitative estimate of drug-likeness (QED) is 0.692. The molecule has 3 aromatic carbocycles. The Kier molecular flexibility index (Phi) is 4.19. The van der Waals surface area contributed by atoms with Crippen molar-refractivity contribution in [3.63, 3.8) is 0 Å². The maximum absolute atomic E-state index is 12.7. The van der Waals surface area contributed by atoms with Crippen molar-refractivity contribution < 1.29 is 13.2 Å². The summed E-state index contributed by atoms with van der Waals surface area (Å²) in [4.78, 5) is 0.342. The van der Waals surface area contributed by atoms with E-state index in [-0.39, 0.29) is 13.2 Å². The van der Waals surface area contributed by atoms with E-state index in [0.29, 0.717) is 4.90 Å². The third-order valence-electron chi connectivity index (χ3n) is 4.53. The van der Waals surface area contributed by atoms with Gasteiger partial charge < -0.3 is 4.74 Å². The molecule has 25 heavy (non-hydrogen) atoms. The van der Waals surface area contributed by atoms with Gasteiger partial charge in [-0.3, -0.25) is 0 Å². The summed E-state index contributed by atoms with van der Waals surface area (Å²) in [6.45, 7) is 0.505. The first-order chi connectivity index (χ1) is 12.1. The van der Waals surface area contributed by atoms with Crippen molar-refractivity contribution in [2.75, 3.05) is 13.2 Å². The molecule has 1 N–H and O–H groups in total. The van der Waals surface area contributed by atoms with Crippen molar-refractivity contribution in [2.24, 2.45) is 0 Å². The molecule has 0 unspecified atom stereocenters. The normalized spacial score (nSPS) is 13.3. The summed E-state index contributed by atoms with van der Waals surface area (Å²) in [7, 11) is -3.58. The standard InChI is InChI=1S/C20H19NO3S/c22-25(23,21-13-14-24-17-6-2-1-3-7-17)19-12-11-16-10-9-15-5-4-8-18(19)20(15)16/h1-8,11-12,21H,9-10,13-14H2. The van der Waals surface area contributed by atoms with Crippen LogP contribution in [0.25, 0.3) is 10.8 Å². The van der Waals surface area contributed by atoms with Gasteiger partial charge in [-0.1, -0.05) is 42.5 Å². The molecule has 0 saturated heterocycles. The molecule has 0 saturated carbocycles. The third-order valence-corrected chi connectivity index (χ3v) is 6.05. The van der Waals surface area contributed by atoms with Crippen LogP contribution in [0.3, 0.4) is 0 Å². The van der Waals surface area contributed by atoms with E-state index in [4.69, 9.17) is 4.74 Å². The van der Waals surface area contributed by atoms with Crippen LogP contribution in [0.4, 0.5) is 0 Å². The van der Waals surface area contributed by atoms with E-state index in [1.807, 2.05) is 48.5 Å². The Morgan fingerprint density at radius 2 is 1.64 bits per heavy atom. The molecule has 3 aromatic rings. The van der Waals surface area contributed by atoms with Crippen LogP contribution in [0.1, 0.15) is 11.1 Å². The van der Waals surface area contributed by atoms with Gasteiger partial charge in [-0.25, -0.2) is 13.1 Å². The Morgan fingerprint density at radius 1 is 0.880 bits per heavy atom. The Balaban J connectivity index is 1.52. The van der Waals surface area contributed by atoms with Crippen molar-refractivity contribution in [1.82, 2.24) is 4.72 Å². The fourth-order valence-electron chi connectivity index (χ4n) is 3.39. The number of hydrogen-bond donors (Lipinski definition) is 1. The summed E-state index contributed by atoms with van der Waals surface area (Å²) >= 11 is 0. The van der Waals surface area contributed by atoms with E-state index in [9.17, 15) is 8.42 Å². The fraction of sp³-hybridized carbons (Fsp3) is 0.200. The van der Waals surface area contributed by atoms with E-state index >= 15 is 0 Å². The summed E-state index contributed by atoms with van der Waals surface area (Å²) in [5.41, 5.74) is 2.47. The lowest BCUT2D eigenvalue weighted by molar-refractivity contribution is 0.323. The van der Waals surface area contributed by atoms with Gasteiger partial charge in [0.05, 0.1) is 4.90 Å².